The van der Waals surface area contributed by atoms with Gasteiger partial charge in [-0.15, -0.1) is 0 Å². The number of carbonyl (C=O) groups excluding carboxylic acids is 1. The summed E-state index contributed by atoms with van der Waals surface area (Å²) in [5.41, 5.74) is 6.39. The highest BCUT2D eigenvalue weighted by molar-refractivity contribution is 6.32. The molecule has 0 spiro atoms. The lowest BCUT2D eigenvalue weighted by Crippen LogP contribution is -2.06. The van der Waals surface area contributed by atoms with Gasteiger partial charge in [-0.05, 0) is 24.3 Å². The number of hydrogen-bond donors (Lipinski definition) is 2. The highest BCUT2D eigenvalue weighted by Gasteiger charge is 1.99. The number of rotatable bonds is 1. The van der Waals surface area contributed by atoms with E-state index in [1.165, 1.54) is 6.92 Å². The van der Waals surface area contributed by atoms with Crippen LogP contribution in [0, 0.1) is 0 Å². The first-order valence-electron chi connectivity index (χ1n) is 5.25. The van der Waals surface area contributed by atoms with Gasteiger partial charge in [-0.3, -0.25) is 4.79 Å². The number of hydrogen-bond acceptors (Lipinski definition) is 4. The molecule has 0 fully saturated rings. The van der Waals surface area contributed by atoms with Gasteiger partial charge in [0.15, 0.2) is 10.3 Å². The van der Waals surface area contributed by atoms with Crippen LogP contribution in [0.3, 0.4) is 0 Å². The Kier molecular flexibility index (Phi) is 6.05. The Hall–Kier alpha value is -1.85. The summed E-state index contributed by atoms with van der Waals surface area (Å²) < 4.78 is 0. The molecule has 0 aromatic carbocycles. The van der Waals surface area contributed by atoms with Gasteiger partial charge in [0.1, 0.15) is 0 Å². The third kappa shape index (κ3) is 5.54. The van der Waals surface area contributed by atoms with Crippen molar-refractivity contribution in [1.29, 1.82) is 0 Å². The van der Waals surface area contributed by atoms with Gasteiger partial charge in [-0.2, -0.15) is 0 Å². The van der Waals surface area contributed by atoms with Crippen LogP contribution in [0.4, 0.5) is 11.4 Å². The average Bonchev–Trinajstić information content (AvgIpc) is 2.36. The molecule has 0 aliphatic heterocycles. The number of halogens is 2. The van der Waals surface area contributed by atoms with Gasteiger partial charge in [-0.25, -0.2) is 9.97 Å². The zero-order valence-electron chi connectivity index (χ0n) is 10.1. The molecule has 0 aliphatic rings. The second kappa shape index (κ2) is 7.56. The Balaban J connectivity index is 0.000000200. The quantitative estimate of drug-likeness (QED) is 0.793. The summed E-state index contributed by atoms with van der Waals surface area (Å²) in [4.78, 5) is 18.1. The van der Waals surface area contributed by atoms with E-state index in [0.29, 0.717) is 21.7 Å². The Morgan fingerprint density at radius 1 is 1.16 bits per heavy atom. The summed E-state index contributed by atoms with van der Waals surface area (Å²) in [5, 5.41) is 3.22. The second-order valence-corrected chi connectivity index (χ2v) is 4.12. The number of nitrogens with two attached hydrogens (primary N) is 1. The number of nitrogens with zero attached hydrogens (tertiary/aromatic N) is 2. The maximum Gasteiger partial charge on any atom is 0.221 e. The van der Waals surface area contributed by atoms with E-state index in [1.54, 1.807) is 36.7 Å². The summed E-state index contributed by atoms with van der Waals surface area (Å²) in [5.74, 6) is -0.153. The SMILES string of the molecule is CC(=O)Nc1cccnc1Cl.Nc1cccnc1Cl. The van der Waals surface area contributed by atoms with Crippen LogP contribution in [0.2, 0.25) is 10.3 Å². The van der Waals surface area contributed by atoms with Gasteiger partial charge in [0.25, 0.3) is 0 Å². The third-order valence-electron chi connectivity index (χ3n) is 1.86. The number of anilines is 2. The fourth-order valence-corrected chi connectivity index (χ4v) is 1.35. The predicted octanol–water partition coefficient (Wildman–Crippen LogP) is 3.01. The van der Waals surface area contributed by atoms with Crippen molar-refractivity contribution < 1.29 is 4.79 Å². The van der Waals surface area contributed by atoms with Crippen molar-refractivity contribution in [1.82, 2.24) is 9.97 Å². The summed E-state index contributed by atoms with van der Waals surface area (Å²) in [6, 6.07) is 6.84. The number of nitrogen functional groups attached to an aromatic ring is 1. The van der Waals surface area contributed by atoms with Crippen molar-refractivity contribution >= 4 is 40.5 Å². The first kappa shape index (κ1) is 15.2. The zero-order valence-corrected chi connectivity index (χ0v) is 11.6. The van der Waals surface area contributed by atoms with E-state index in [4.69, 9.17) is 28.9 Å². The molecule has 19 heavy (non-hydrogen) atoms. The Labute approximate surface area is 120 Å². The monoisotopic (exact) mass is 298 g/mol. The highest BCUT2D eigenvalue weighted by atomic mass is 35.5. The lowest BCUT2D eigenvalue weighted by Gasteiger charge is -2.01. The molecule has 0 unspecified atom stereocenters. The van der Waals surface area contributed by atoms with Crippen LogP contribution in [0.15, 0.2) is 36.7 Å². The number of nitrogens with one attached hydrogen (secondary N) is 1. The van der Waals surface area contributed by atoms with Crippen molar-refractivity contribution in [2.75, 3.05) is 11.1 Å². The minimum absolute atomic E-state index is 0.153. The van der Waals surface area contributed by atoms with Crippen molar-refractivity contribution in [3.8, 4) is 0 Å². The summed E-state index contributed by atoms with van der Waals surface area (Å²) >= 11 is 11.1. The standard InChI is InChI=1S/C7H7ClN2O.C5H5ClN2/c1-5(11)10-6-3-2-4-9-7(6)8;6-5-4(7)2-1-3-8-5/h2-4H,1H3,(H,10,11);1-3H,7H2. The molecular weight excluding hydrogens is 287 g/mol. The van der Waals surface area contributed by atoms with E-state index in [1.807, 2.05) is 0 Å². The van der Waals surface area contributed by atoms with Crippen LogP contribution in [0.1, 0.15) is 6.92 Å². The minimum Gasteiger partial charge on any atom is -0.396 e. The van der Waals surface area contributed by atoms with Crippen LogP contribution in [0.5, 0.6) is 0 Å². The van der Waals surface area contributed by atoms with Gasteiger partial charge < -0.3 is 11.1 Å². The molecule has 5 nitrogen and oxygen atoms in total. The van der Waals surface area contributed by atoms with Crippen molar-refractivity contribution in [2.24, 2.45) is 0 Å². The fraction of sp³-hybridized carbons (Fsp3) is 0.0833. The van der Waals surface area contributed by atoms with Gasteiger partial charge in [0.05, 0.1) is 11.4 Å². The fourth-order valence-electron chi connectivity index (χ4n) is 1.07. The maximum atomic E-state index is 10.6. The van der Waals surface area contributed by atoms with Crippen LogP contribution in [-0.2, 0) is 4.79 Å². The normalized spacial score (nSPS) is 9.21. The first-order chi connectivity index (χ1) is 9.00. The van der Waals surface area contributed by atoms with Crippen LogP contribution < -0.4 is 11.1 Å². The number of aromatic nitrogens is 2. The molecule has 0 aliphatic carbocycles. The summed E-state index contributed by atoms with van der Waals surface area (Å²) in [7, 11) is 0. The van der Waals surface area contributed by atoms with Gasteiger partial charge in [-0.1, -0.05) is 23.2 Å². The van der Waals surface area contributed by atoms with Crippen LogP contribution >= 0.6 is 23.2 Å². The van der Waals surface area contributed by atoms with Crippen molar-refractivity contribution in [3.63, 3.8) is 0 Å². The minimum atomic E-state index is -0.153. The van der Waals surface area contributed by atoms with Crippen molar-refractivity contribution in [3.05, 3.63) is 47.0 Å². The van der Waals surface area contributed by atoms with E-state index in [-0.39, 0.29) is 5.91 Å². The van der Waals surface area contributed by atoms with Crippen molar-refractivity contribution in [2.45, 2.75) is 6.92 Å². The van der Waals surface area contributed by atoms with E-state index >= 15 is 0 Å². The second-order valence-electron chi connectivity index (χ2n) is 3.41. The Morgan fingerprint density at radius 3 is 2.16 bits per heavy atom. The van der Waals surface area contributed by atoms with Gasteiger partial charge >= 0.3 is 0 Å². The molecule has 7 heteroatoms. The molecule has 0 radical (unpaired) electrons. The van der Waals surface area contributed by atoms with E-state index in [0.717, 1.165) is 0 Å². The Morgan fingerprint density at radius 2 is 1.74 bits per heavy atom. The zero-order chi connectivity index (χ0) is 14.3. The summed E-state index contributed by atoms with van der Waals surface area (Å²) in [6.07, 6.45) is 3.16. The smallest absolute Gasteiger partial charge is 0.221 e. The number of carbonyl (C=O) groups is 1. The molecule has 2 aromatic rings. The lowest BCUT2D eigenvalue weighted by molar-refractivity contribution is -0.114. The molecule has 2 rings (SSSR count). The molecule has 0 bridgehead atoms. The lowest BCUT2D eigenvalue weighted by atomic mass is 10.4. The Bertz CT molecular complexity index is 542. The van der Waals surface area contributed by atoms with Crippen LogP contribution in [0.25, 0.3) is 0 Å². The topological polar surface area (TPSA) is 80.9 Å². The summed E-state index contributed by atoms with van der Waals surface area (Å²) in [6.45, 7) is 1.42. The number of pyridine rings is 2. The molecule has 0 saturated heterocycles. The molecule has 100 valence electrons. The third-order valence-corrected chi connectivity index (χ3v) is 2.47. The van der Waals surface area contributed by atoms with Gasteiger partial charge in [0.2, 0.25) is 5.91 Å². The van der Waals surface area contributed by atoms with Gasteiger partial charge in [0, 0.05) is 19.3 Å². The molecule has 2 heterocycles. The molecule has 1 amide bonds. The van der Waals surface area contributed by atoms with E-state index < -0.39 is 0 Å². The first-order valence-corrected chi connectivity index (χ1v) is 6.00. The molecule has 0 saturated carbocycles. The predicted molar refractivity (Wildman–Crippen MR) is 77.2 cm³/mol. The largest absolute Gasteiger partial charge is 0.396 e. The average molecular weight is 299 g/mol. The molecule has 0 atom stereocenters. The maximum absolute atomic E-state index is 10.6. The highest BCUT2D eigenvalue weighted by Crippen LogP contribution is 2.16. The molecule has 2 aromatic heterocycles. The van der Waals surface area contributed by atoms with E-state index in [9.17, 15) is 4.79 Å². The molecule has 3 N–H and O–H groups in total. The van der Waals surface area contributed by atoms with E-state index in [2.05, 4.69) is 15.3 Å². The number of amides is 1. The molecular formula is C12H12Cl2N4O. The van der Waals surface area contributed by atoms with Crippen LogP contribution in [-0.4, -0.2) is 15.9 Å².